The number of amides is 1. The maximum Gasteiger partial charge on any atom is 0.410 e. The van der Waals surface area contributed by atoms with E-state index in [2.05, 4.69) is 19.2 Å². The Morgan fingerprint density at radius 3 is 2.38 bits per heavy atom. The second-order valence-electron chi connectivity index (χ2n) is 7.61. The van der Waals surface area contributed by atoms with Crippen molar-refractivity contribution in [1.29, 1.82) is 0 Å². The number of nitrogens with one attached hydrogen (secondary N) is 1. The van der Waals surface area contributed by atoms with Gasteiger partial charge in [0, 0.05) is 25.7 Å². The van der Waals surface area contributed by atoms with Gasteiger partial charge in [-0.15, -0.1) is 0 Å². The van der Waals surface area contributed by atoms with E-state index in [0.29, 0.717) is 31.1 Å². The Morgan fingerprint density at radius 1 is 1.38 bits per heavy atom. The number of hydrogen-bond donors (Lipinski definition) is 2. The summed E-state index contributed by atoms with van der Waals surface area (Å²) in [7, 11) is 0. The van der Waals surface area contributed by atoms with Gasteiger partial charge in [-0.25, -0.2) is 4.79 Å². The van der Waals surface area contributed by atoms with Crippen LogP contribution in [0.25, 0.3) is 0 Å². The number of nitrogens with zero attached hydrogens (tertiary/aromatic N) is 1. The van der Waals surface area contributed by atoms with Crippen LogP contribution in [0.3, 0.4) is 0 Å². The van der Waals surface area contributed by atoms with E-state index in [1.807, 2.05) is 20.8 Å². The molecule has 1 fully saturated rings. The molecule has 0 aliphatic heterocycles. The van der Waals surface area contributed by atoms with Gasteiger partial charge < -0.3 is 20.1 Å². The summed E-state index contributed by atoms with van der Waals surface area (Å²) in [5.74, 6) is 0. The number of carbonyl (C=O) groups is 1. The fourth-order valence-electron chi connectivity index (χ4n) is 2.20. The first kappa shape index (κ1) is 18.2. The smallest absolute Gasteiger partial charge is 0.410 e. The van der Waals surface area contributed by atoms with Crippen LogP contribution in [0.15, 0.2) is 0 Å². The Labute approximate surface area is 129 Å². The van der Waals surface area contributed by atoms with E-state index < -0.39 is 11.7 Å². The van der Waals surface area contributed by atoms with Crippen LogP contribution in [0.2, 0.25) is 0 Å². The van der Waals surface area contributed by atoms with Gasteiger partial charge in [-0.2, -0.15) is 0 Å². The highest BCUT2D eigenvalue weighted by atomic mass is 16.6. The third-order valence-electron chi connectivity index (χ3n) is 4.05. The Balaban J connectivity index is 2.44. The Kier molecular flexibility index (Phi) is 6.05. The molecule has 21 heavy (non-hydrogen) atoms. The molecule has 5 heteroatoms. The Bertz CT molecular complexity index is 346. The lowest BCUT2D eigenvalue weighted by Gasteiger charge is -2.29. The van der Waals surface area contributed by atoms with Crippen molar-refractivity contribution in [3.05, 3.63) is 0 Å². The molecule has 0 radical (unpaired) electrons. The molecule has 0 saturated heterocycles. The Morgan fingerprint density at radius 2 is 1.95 bits per heavy atom. The summed E-state index contributed by atoms with van der Waals surface area (Å²) in [5, 5.41) is 13.0. The summed E-state index contributed by atoms with van der Waals surface area (Å²) in [6.07, 6.45) is 1.61. The van der Waals surface area contributed by atoms with Crippen LogP contribution in [0, 0.1) is 5.41 Å². The minimum atomic E-state index is -0.559. The number of rotatable bonds is 7. The molecule has 2 N–H and O–H groups in total. The fourth-order valence-corrected chi connectivity index (χ4v) is 2.20. The van der Waals surface area contributed by atoms with Gasteiger partial charge >= 0.3 is 6.09 Å². The molecule has 0 spiro atoms. The maximum atomic E-state index is 12.1. The minimum absolute atomic E-state index is 0.294. The van der Waals surface area contributed by atoms with Crippen molar-refractivity contribution in [2.24, 2.45) is 5.41 Å². The molecule has 2 unspecified atom stereocenters. The van der Waals surface area contributed by atoms with Crippen LogP contribution < -0.4 is 5.32 Å². The predicted molar refractivity (Wildman–Crippen MR) is 84.3 cm³/mol. The highest BCUT2D eigenvalue weighted by Gasteiger charge is 2.42. The second-order valence-corrected chi connectivity index (χ2v) is 7.61. The molecular formula is C16H32N2O3. The van der Waals surface area contributed by atoms with Crippen molar-refractivity contribution >= 4 is 6.09 Å². The number of aliphatic hydroxyl groups is 1. The van der Waals surface area contributed by atoms with Crippen LogP contribution in [-0.4, -0.2) is 53.5 Å². The van der Waals surface area contributed by atoms with Crippen LogP contribution in [0.4, 0.5) is 4.79 Å². The van der Waals surface area contributed by atoms with E-state index in [1.54, 1.807) is 11.8 Å². The van der Waals surface area contributed by atoms with E-state index in [4.69, 9.17) is 4.74 Å². The van der Waals surface area contributed by atoms with Crippen LogP contribution in [-0.2, 0) is 4.74 Å². The summed E-state index contributed by atoms with van der Waals surface area (Å²) in [4.78, 5) is 13.7. The lowest BCUT2D eigenvalue weighted by Crippen LogP contribution is -2.45. The summed E-state index contributed by atoms with van der Waals surface area (Å²) >= 11 is 0. The summed E-state index contributed by atoms with van der Waals surface area (Å²) in [6, 6.07) is 0.449. The molecule has 1 aliphatic rings. The first-order valence-electron chi connectivity index (χ1n) is 7.93. The average molecular weight is 300 g/mol. The molecule has 5 nitrogen and oxygen atoms in total. The van der Waals surface area contributed by atoms with Crippen molar-refractivity contribution in [2.45, 2.75) is 72.1 Å². The fraction of sp³-hybridized carbons (Fsp3) is 0.938. The van der Waals surface area contributed by atoms with Gasteiger partial charge in [0.15, 0.2) is 0 Å². The quantitative estimate of drug-likeness (QED) is 0.758. The molecule has 0 bridgehead atoms. The molecule has 1 saturated carbocycles. The number of hydrogen-bond acceptors (Lipinski definition) is 4. The second kappa shape index (κ2) is 6.97. The van der Waals surface area contributed by atoms with Gasteiger partial charge in [0.1, 0.15) is 5.60 Å². The maximum absolute atomic E-state index is 12.1. The van der Waals surface area contributed by atoms with E-state index in [9.17, 15) is 9.90 Å². The van der Waals surface area contributed by atoms with Gasteiger partial charge in [-0.05, 0) is 52.9 Å². The normalized spacial score (nSPS) is 19.8. The number of ether oxygens (including phenoxy) is 1. The highest BCUT2D eigenvalue weighted by Crippen LogP contribution is 2.47. The molecule has 2 atom stereocenters. The van der Waals surface area contributed by atoms with E-state index in [-0.39, 0.29) is 6.09 Å². The lowest BCUT2D eigenvalue weighted by atomic mass is 10.0. The average Bonchev–Trinajstić information content (AvgIpc) is 3.04. The van der Waals surface area contributed by atoms with Gasteiger partial charge in [0.2, 0.25) is 0 Å². The molecule has 0 aromatic carbocycles. The molecule has 124 valence electrons. The van der Waals surface area contributed by atoms with E-state index in [1.165, 1.54) is 12.8 Å². The van der Waals surface area contributed by atoms with Crippen molar-refractivity contribution in [3.8, 4) is 0 Å². The zero-order valence-corrected chi connectivity index (χ0v) is 14.4. The molecule has 1 amide bonds. The van der Waals surface area contributed by atoms with Gasteiger partial charge in [0.25, 0.3) is 0 Å². The predicted octanol–water partition coefficient (Wildman–Crippen LogP) is 2.38. The van der Waals surface area contributed by atoms with Crippen molar-refractivity contribution in [2.75, 3.05) is 19.6 Å². The molecule has 0 aromatic rings. The summed E-state index contributed by atoms with van der Waals surface area (Å²) in [6.45, 7) is 13.2. The third-order valence-corrected chi connectivity index (χ3v) is 4.05. The van der Waals surface area contributed by atoms with Crippen LogP contribution in [0.1, 0.15) is 54.4 Å². The molecular weight excluding hydrogens is 268 g/mol. The molecule has 0 aromatic heterocycles. The van der Waals surface area contributed by atoms with Gasteiger partial charge in [-0.1, -0.05) is 6.92 Å². The number of carbonyl (C=O) groups excluding carboxylic acids is 1. The number of aliphatic hydroxyl groups excluding tert-OH is 1. The monoisotopic (exact) mass is 300 g/mol. The Hall–Kier alpha value is -0.810. The minimum Gasteiger partial charge on any atom is -0.444 e. The van der Waals surface area contributed by atoms with Gasteiger partial charge in [0.05, 0.1) is 6.10 Å². The van der Waals surface area contributed by atoms with E-state index in [0.717, 1.165) is 0 Å². The van der Waals surface area contributed by atoms with Gasteiger partial charge in [-0.3, -0.25) is 0 Å². The third kappa shape index (κ3) is 6.66. The van der Waals surface area contributed by atoms with Crippen molar-refractivity contribution in [1.82, 2.24) is 10.2 Å². The first-order valence-corrected chi connectivity index (χ1v) is 7.93. The topological polar surface area (TPSA) is 61.8 Å². The first-order chi connectivity index (χ1) is 9.53. The standard InChI is InChI=1S/C16H32N2O3/c1-12(19)11-18(14(20)21-15(3,4)5)10-9-17-13(2)16(6)7-8-16/h12-13,17,19H,7-11H2,1-6H3. The zero-order valence-electron chi connectivity index (χ0n) is 14.4. The van der Waals surface area contributed by atoms with Crippen molar-refractivity contribution < 1.29 is 14.6 Å². The zero-order chi connectivity index (χ0) is 16.3. The lowest BCUT2D eigenvalue weighted by molar-refractivity contribution is 0.0162. The summed E-state index contributed by atoms with van der Waals surface area (Å²) in [5.41, 5.74) is -0.0999. The van der Waals surface area contributed by atoms with Crippen LogP contribution >= 0.6 is 0 Å². The SMILES string of the molecule is CC(O)CN(CCNC(C)C1(C)CC1)C(=O)OC(C)(C)C. The largest absolute Gasteiger partial charge is 0.444 e. The highest BCUT2D eigenvalue weighted by molar-refractivity contribution is 5.68. The molecule has 1 aliphatic carbocycles. The van der Waals surface area contributed by atoms with Crippen molar-refractivity contribution in [3.63, 3.8) is 0 Å². The summed E-state index contributed by atoms with van der Waals surface area (Å²) < 4.78 is 5.39. The molecule has 0 heterocycles. The molecule has 1 rings (SSSR count). The van der Waals surface area contributed by atoms with Crippen LogP contribution in [0.5, 0.6) is 0 Å². The van der Waals surface area contributed by atoms with E-state index >= 15 is 0 Å².